The Morgan fingerprint density at radius 3 is 2.95 bits per heavy atom. The van der Waals surface area contributed by atoms with Gasteiger partial charge >= 0.3 is 0 Å². The number of rotatable bonds is 3. The highest BCUT2D eigenvalue weighted by atomic mass is 15.3. The topological polar surface area (TPSA) is 46.0 Å². The number of aromatic nitrogens is 3. The molecule has 0 spiro atoms. The number of nitrogens with one attached hydrogen (secondary N) is 1. The molecule has 1 aliphatic heterocycles. The van der Waals surface area contributed by atoms with Crippen molar-refractivity contribution in [3.05, 3.63) is 42.0 Å². The summed E-state index contributed by atoms with van der Waals surface area (Å²) in [6, 6.07) is 9.05. The molecular weight excluding hydrogens is 238 g/mol. The first-order valence-electron chi connectivity index (χ1n) is 6.63. The Balaban J connectivity index is 1.90. The third-order valence-corrected chi connectivity index (χ3v) is 3.83. The Morgan fingerprint density at radius 2 is 2.21 bits per heavy atom. The first-order valence-corrected chi connectivity index (χ1v) is 6.63. The van der Waals surface area contributed by atoms with Crippen LogP contribution in [0.1, 0.15) is 23.9 Å². The maximum atomic E-state index is 4.32. The Kier molecular flexibility index (Phi) is 3.21. The maximum absolute atomic E-state index is 4.32. The van der Waals surface area contributed by atoms with Crippen LogP contribution in [0, 0.1) is 0 Å². The van der Waals surface area contributed by atoms with Gasteiger partial charge in [0.2, 0.25) is 0 Å². The van der Waals surface area contributed by atoms with Gasteiger partial charge in [0.1, 0.15) is 12.2 Å². The standard InChI is InChI=1S/C14H19N5/c1-15-12-7-8-19(9-14-16-10-17-18(14)2)13-6-4-3-5-11(12)13/h3-6,10,12,15H,7-9H2,1-2H3. The zero-order valence-electron chi connectivity index (χ0n) is 11.4. The van der Waals surface area contributed by atoms with Crippen LogP contribution in [0.2, 0.25) is 0 Å². The second-order valence-corrected chi connectivity index (χ2v) is 4.91. The summed E-state index contributed by atoms with van der Waals surface area (Å²) in [7, 11) is 3.97. The molecule has 2 aromatic rings. The zero-order valence-corrected chi connectivity index (χ0v) is 11.4. The van der Waals surface area contributed by atoms with E-state index in [0.717, 1.165) is 25.3 Å². The number of para-hydroxylation sites is 1. The molecule has 0 amide bonds. The summed E-state index contributed by atoms with van der Waals surface area (Å²) in [4.78, 5) is 6.70. The predicted octanol–water partition coefficient (Wildman–Crippen LogP) is 1.49. The van der Waals surface area contributed by atoms with E-state index in [-0.39, 0.29) is 0 Å². The number of hydrogen-bond donors (Lipinski definition) is 1. The highest BCUT2D eigenvalue weighted by molar-refractivity contribution is 5.56. The Morgan fingerprint density at radius 1 is 1.37 bits per heavy atom. The van der Waals surface area contributed by atoms with E-state index in [9.17, 15) is 0 Å². The summed E-state index contributed by atoms with van der Waals surface area (Å²) in [6.45, 7) is 1.85. The Hall–Kier alpha value is -1.88. The largest absolute Gasteiger partial charge is 0.364 e. The van der Waals surface area contributed by atoms with E-state index in [0.29, 0.717) is 6.04 Å². The van der Waals surface area contributed by atoms with Gasteiger partial charge in [0, 0.05) is 25.3 Å². The maximum Gasteiger partial charge on any atom is 0.146 e. The molecule has 1 aromatic heterocycles. The van der Waals surface area contributed by atoms with Gasteiger partial charge < -0.3 is 10.2 Å². The second kappa shape index (κ2) is 5.01. The van der Waals surface area contributed by atoms with Crippen LogP contribution in [0.15, 0.2) is 30.6 Å². The molecule has 0 saturated carbocycles. The minimum absolute atomic E-state index is 0.451. The van der Waals surface area contributed by atoms with E-state index in [1.165, 1.54) is 11.3 Å². The van der Waals surface area contributed by atoms with E-state index in [2.05, 4.69) is 44.6 Å². The fraction of sp³-hybridized carbons (Fsp3) is 0.429. The predicted molar refractivity (Wildman–Crippen MR) is 74.9 cm³/mol. The van der Waals surface area contributed by atoms with Gasteiger partial charge in [-0.15, -0.1) is 0 Å². The van der Waals surface area contributed by atoms with Crippen molar-refractivity contribution >= 4 is 5.69 Å². The lowest BCUT2D eigenvalue weighted by molar-refractivity contribution is 0.510. The van der Waals surface area contributed by atoms with E-state index in [4.69, 9.17) is 0 Å². The van der Waals surface area contributed by atoms with Crippen molar-refractivity contribution in [3.63, 3.8) is 0 Å². The highest BCUT2D eigenvalue weighted by Crippen LogP contribution is 2.33. The first-order chi connectivity index (χ1) is 9.29. The summed E-state index contributed by atoms with van der Waals surface area (Å²) in [5, 5.41) is 7.53. The number of fused-ring (bicyclic) bond motifs is 1. The SMILES string of the molecule is CNC1CCN(Cc2ncnn2C)c2ccccc21. The Labute approximate surface area is 113 Å². The lowest BCUT2D eigenvalue weighted by Gasteiger charge is -2.35. The highest BCUT2D eigenvalue weighted by Gasteiger charge is 2.24. The van der Waals surface area contributed by atoms with Crippen LogP contribution in [0.3, 0.4) is 0 Å². The molecule has 0 radical (unpaired) electrons. The van der Waals surface area contributed by atoms with Gasteiger partial charge in [0.05, 0.1) is 6.54 Å². The molecule has 1 aliphatic rings. The van der Waals surface area contributed by atoms with Gasteiger partial charge in [0.25, 0.3) is 0 Å². The van der Waals surface area contributed by atoms with Gasteiger partial charge in [-0.3, -0.25) is 4.68 Å². The smallest absolute Gasteiger partial charge is 0.146 e. The van der Waals surface area contributed by atoms with E-state index in [1.807, 2.05) is 18.8 Å². The van der Waals surface area contributed by atoms with Crippen LogP contribution < -0.4 is 10.2 Å². The van der Waals surface area contributed by atoms with Crippen LogP contribution in [-0.4, -0.2) is 28.4 Å². The number of benzene rings is 1. The molecule has 100 valence electrons. The lowest BCUT2D eigenvalue weighted by Crippen LogP contribution is -2.35. The Bertz CT molecular complexity index is 562. The van der Waals surface area contributed by atoms with Gasteiger partial charge in [0.15, 0.2) is 0 Å². The first kappa shape index (κ1) is 12.2. The number of aryl methyl sites for hydroxylation is 1. The molecule has 19 heavy (non-hydrogen) atoms. The number of nitrogens with zero attached hydrogens (tertiary/aromatic N) is 4. The van der Waals surface area contributed by atoms with E-state index >= 15 is 0 Å². The van der Waals surface area contributed by atoms with Crippen LogP contribution in [-0.2, 0) is 13.6 Å². The van der Waals surface area contributed by atoms with E-state index < -0.39 is 0 Å². The molecule has 1 unspecified atom stereocenters. The minimum atomic E-state index is 0.451. The van der Waals surface area contributed by atoms with Crippen LogP contribution in [0.25, 0.3) is 0 Å². The van der Waals surface area contributed by atoms with Crippen molar-refractivity contribution < 1.29 is 0 Å². The monoisotopic (exact) mass is 257 g/mol. The number of hydrogen-bond acceptors (Lipinski definition) is 4. The third-order valence-electron chi connectivity index (χ3n) is 3.83. The van der Waals surface area contributed by atoms with Gasteiger partial charge in [-0.1, -0.05) is 18.2 Å². The lowest BCUT2D eigenvalue weighted by atomic mass is 9.96. The molecule has 2 heterocycles. The minimum Gasteiger partial charge on any atom is -0.364 e. The average Bonchev–Trinajstić information content (AvgIpc) is 2.85. The van der Waals surface area contributed by atoms with Crippen molar-refractivity contribution in [2.75, 3.05) is 18.5 Å². The van der Waals surface area contributed by atoms with Gasteiger partial charge in [-0.25, -0.2) is 4.98 Å². The van der Waals surface area contributed by atoms with Crippen LogP contribution in [0.5, 0.6) is 0 Å². The fourth-order valence-electron chi connectivity index (χ4n) is 2.73. The quantitative estimate of drug-likeness (QED) is 0.905. The normalized spacial score (nSPS) is 18.4. The molecule has 1 N–H and O–H groups in total. The molecule has 0 bridgehead atoms. The van der Waals surface area contributed by atoms with Crippen molar-refractivity contribution in [1.29, 1.82) is 0 Å². The van der Waals surface area contributed by atoms with Gasteiger partial charge in [-0.05, 0) is 25.1 Å². The van der Waals surface area contributed by atoms with Crippen LogP contribution >= 0.6 is 0 Å². The van der Waals surface area contributed by atoms with Crippen molar-refractivity contribution in [2.45, 2.75) is 19.0 Å². The van der Waals surface area contributed by atoms with Crippen LogP contribution in [0.4, 0.5) is 5.69 Å². The molecule has 0 saturated heterocycles. The van der Waals surface area contributed by atoms with Crippen molar-refractivity contribution in [2.24, 2.45) is 7.05 Å². The second-order valence-electron chi connectivity index (χ2n) is 4.91. The van der Waals surface area contributed by atoms with Crippen molar-refractivity contribution in [1.82, 2.24) is 20.1 Å². The zero-order chi connectivity index (χ0) is 13.2. The molecule has 5 heteroatoms. The summed E-state index contributed by atoms with van der Waals surface area (Å²) < 4.78 is 1.84. The summed E-state index contributed by atoms with van der Waals surface area (Å²) >= 11 is 0. The molecule has 5 nitrogen and oxygen atoms in total. The van der Waals surface area contributed by atoms with E-state index in [1.54, 1.807) is 6.33 Å². The van der Waals surface area contributed by atoms with Crippen molar-refractivity contribution in [3.8, 4) is 0 Å². The summed E-state index contributed by atoms with van der Waals surface area (Å²) in [6.07, 6.45) is 2.73. The molecule has 1 aromatic carbocycles. The fourth-order valence-corrected chi connectivity index (χ4v) is 2.73. The molecule has 0 aliphatic carbocycles. The molecule has 0 fully saturated rings. The molecule has 3 rings (SSSR count). The average molecular weight is 257 g/mol. The number of anilines is 1. The summed E-state index contributed by atoms with van der Waals surface area (Å²) in [5.41, 5.74) is 2.68. The molecule has 1 atom stereocenters. The third kappa shape index (κ3) is 2.21. The van der Waals surface area contributed by atoms with Gasteiger partial charge in [-0.2, -0.15) is 5.10 Å². The molecular formula is C14H19N5. The summed E-state index contributed by atoms with van der Waals surface area (Å²) in [5.74, 6) is 0.998.